The van der Waals surface area contributed by atoms with Crippen molar-refractivity contribution in [3.8, 4) is 5.88 Å². The van der Waals surface area contributed by atoms with E-state index in [2.05, 4.69) is 20.3 Å². The molecule has 30 heavy (non-hydrogen) atoms. The molecular weight excluding hydrogens is 380 g/mol. The van der Waals surface area contributed by atoms with Gasteiger partial charge in [0.15, 0.2) is 0 Å². The minimum absolute atomic E-state index is 0.00598. The van der Waals surface area contributed by atoms with E-state index in [0.29, 0.717) is 35.5 Å². The van der Waals surface area contributed by atoms with Crippen LogP contribution in [0.15, 0.2) is 36.7 Å². The van der Waals surface area contributed by atoms with Gasteiger partial charge in [0.25, 0.3) is 0 Å². The summed E-state index contributed by atoms with van der Waals surface area (Å²) < 4.78 is 5.76. The Kier molecular flexibility index (Phi) is 5.26. The summed E-state index contributed by atoms with van der Waals surface area (Å²) >= 11 is 0. The second kappa shape index (κ2) is 7.87. The number of nitrogens with zero attached hydrogens (tertiary/aromatic N) is 4. The predicted molar refractivity (Wildman–Crippen MR) is 117 cm³/mol. The van der Waals surface area contributed by atoms with Crippen molar-refractivity contribution >= 4 is 28.3 Å². The zero-order valence-electron chi connectivity index (χ0n) is 17.1. The number of aliphatic hydroxyl groups excluding tert-OH is 1. The van der Waals surface area contributed by atoms with E-state index < -0.39 is 5.41 Å². The van der Waals surface area contributed by atoms with Gasteiger partial charge in [0.2, 0.25) is 5.88 Å². The quantitative estimate of drug-likeness (QED) is 0.491. The monoisotopic (exact) mass is 405 g/mol. The number of pyridine rings is 1. The molecule has 0 atom stereocenters. The van der Waals surface area contributed by atoms with Crippen molar-refractivity contribution in [1.29, 1.82) is 5.41 Å². The molecule has 0 unspecified atom stereocenters. The SMILES string of the molecule is CC(C)(CO)C[N-]c1ncnc(N)c1C(=N)c1ccc2nc(OC3CC3)ccc2c1. The van der Waals surface area contributed by atoms with Gasteiger partial charge >= 0.3 is 0 Å². The van der Waals surface area contributed by atoms with Crippen LogP contribution in [0.3, 0.4) is 0 Å². The minimum Gasteiger partial charge on any atom is -0.474 e. The van der Waals surface area contributed by atoms with Crippen LogP contribution < -0.4 is 10.5 Å². The number of hydrogen-bond acceptors (Lipinski definition) is 7. The van der Waals surface area contributed by atoms with Crippen LogP contribution in [0.25, 0.3) is 16.2 Å². The molecule has 1 fully saturated rings. The van der Waals surface area contributed by atoms with Gasteiger partial charge in [-0.05, 0) is 48.8 Å². The maximum atomic E-state index is 9.48. The number of hydrogen-bond donors (Lipinski definition) is 3. The Bertz CT molecular complexity index is 1090. The molecule has 1 saturated carbocycles. The summed E-state index contributed by atoms with van der Waals surface area (Å²) in [5, 5.41) is 23.6. The fourth-order valence-corrected chi connectivity index (χ4v) is 2.92. The van der Waals surface area contributed by atoms with E-state index in [1.165, 1.54) is 6.33 Å². The van der Waals surface area contributed by atoms with Crippen LogP contribution in [-0.4, -0.2) is 45.0 Å². The molecule has 156 valence electrons. The van der Waals surface area contributed by atoms with Crippen LogP contribution in [-0.2, 0) is 0 Å². The van der Waals surface area contributed by atoms with E-state index in [0.717, 1.165) is 23.7 Å². The van der Waals surface area contributed by atoms with Crippen molar-refractivity contribution in [1.82, 2.24) is 15.0 Å². The van der Waals surface area contributed by atoms with Gasteiger partial charge in [-0.15, -0.1) is 0 Å². The first-order valence-corrected chi connectivity index (χ1v) is 9.92. The van der Waals surface area contributed by atoms with Gasteiger partial charge in [-0.25, -0.2) is 9.97 Å². The molecule has 0 radical (unpaired) electrons. The number of anilines is 1. The summed E-state index contributed by atoms with van der Waals surface area (Å²) in [6.07, 6.45) is 3.79. The standard InChI is InChI=1S/C22H25N6O2/c1-22(2,11-29)10-25-21-18(20(24)26-12-27-21)19(23)14-3-7-16-13(9-14)4-8-17(28-16)30-15-5-6-15/h3-4,7-9,12,15,23,29H,5-6,10-11H2,1-2H3,(H2-,24,25,26,27)/q-1. The van der Waals surface area contributed by atoms with Crippen LogP contribution in [0.1, 0.15) is 37.8 Å². The van der Waals surface area contributed by atoms with E-state index >= 15 is 0 Å². The molecule has 0 spiro atoms. The van der Waals surface area contributed by atoms with E-state index in [1.807, 2.05) is 44.2 Å². The average molecular weight is 405 g/mol. The Balaban J connectivity index is 1.62. The molecule has 1 aliphatic carbocycles. The summed E-state index contributed by atoms with van der Waals surface area (Å²) in [4.78, 5) is 12.8. The molecule has 3 aromatic rings. The van der Waals surface area contributed by atoms with E-state index in [-0.39, 0.29) is 18.1 Å². The lowest BCUT2D eigenvalue weighted by Gasteiger charge is -2.28. The second-order valence-electron chi connectivity index (χ2n) is 8.35. The van der Waals surface area contributed by atoms with Crippen LogP contribution >= 0.6 is 0 Å². The highest BCUT2D eigenvalue weighted by molar-refractivity contribution is 6.17. The number of rotatable bonds is 8. The number of aromatic nitrogens is 3. The second-order valence-corrected chi connectivity index (χ2v) is 8.35. The fraction of sp³-hybridized carbons (Fsp3) is 0.364. The summed E-state index contributed by atoms with van der Waals surface area (Å²) in [5.41, 5.74) is 7.73. The van der Waals surface area contributed by atoms with Crippen LogP contribution in [0, 0.1) is 10.8 Å². The van der Waals surface area contributed by atoms with Crippen LogP contribution in [0.2, 0.25) is 0 Å². The largest absolute Gasteiger partial charge is 0.474 e. The Labute approximate surface area is 175 Å². The number of nitrogen functional groups attached to an aromatic ring is 1. The number of nitrogens with two attached hydrogens (primary N) is 1. The third-order valence-corrected chi connectivity index (χ3v) is 4.96. The molecule has 2 heterocycles. The van der Waals surface area contributed by atoms with E-state index in [1.54, 1.807) is 0 Å². The van der Waals surface area contributed by atoms with Crippen LogP contribution in [0.4, 0.5) is 11.6 Å². The molecule has 8 heteroatoms. The Morgan fingerprint density at radius 2 is 2.07 bits per heavy atom. The van der Waals surface area contributed by atoms with Crippen LogP contribution in [0.5, 0.6) is 5.88 Å². The zero-order valence-corrected chi connectivity index (χ0v) is 17.1. The molecule has 8 nitrogen and oxygen atoms in total. The van der Waals surface area contributed by atoms with Gasteiger partial charge in [0.05, 0.1) is 11.2 Å². The van der Waals surface area contributed by atoms with Gasteiger partial charge in [-0.1, -0.05) is 19.9 Å². The third-order valence-electron chi connectivity index (χ3n) is 4.96. The van der Waals surface area contributed by atoms with Crippen molar-refractivity contribution in [2.45, 2.75) is 32.8 Å². The van der Waals surface area contributed by atoms with Crippen molar-refractivity contribution in [3.63, 3.8) is 0 Å². The third kappa shape index (κ3) is 4.33. The highest BCUT2D eigenvalue weighted by Crippen LogP contribution is 2.31. The lowest BCUT2D eigenvalue weighted by atomic mass is 9.94. The summed E-state index contributed by atoms with van der Waals surface area (Å²) in [6, 6.07) is 9.37. The highest BCUT2D eigenvalue weighted by Gasteiger charge is 2.24. The van der Waals surface area contributed by atoms with Crippen molar-refractivity contribution < 1.29 is 9.84 Å². The van der Waals surface area contributed by atoms with Gasteiger partial charge in [-0.3, -0.25) is 5.41 Å². The molecule has 2 aromatic heterocycles. The summed E-state index contributed by atoms with van der Waals surface area (Å²) in [7, 11) is 0. The molecule has 0 saturated heterocycles. The smallest absolute Gasteiger partial charge is 0.214 e. The first-order chi connectivity index (χ1) is 14.4. The Hall–Kier alpha value is -3.26. The van der Waals surface area contributed by atoms with Gasteiger partial charge in [0, 0.05) is 35.5 Å². The average Bonchev–Trinajstić information content (AvgIpc) is 3.55. The van der Waals surface area contributed by atoms with Gasteiger partial charge in [-0.2, -0.15) is 0 Å². The lowest BCUT2D eigenvalue weighted by molar-refractivity contribution is 0.173. The van der Waals surface area contributed by atoms with Crippen molar-refractivity contribution in [2.75, 3.05) is 18.9 Å². The predicted octanol–water partition coefficient (Wildman–Crippen LogP) is 3.59. The van der Waals surface area contributed by atoms with E-state index in [9.17, 15) is 5.11 Å². The topological polar surface area (TPSA) is 132 Å². The Morgan fingerprint density at radius 1 is 1.27 bits per heavy atom. The fourth-order valence-electron chi connectivity index (χ4n) is 2.92. The van der Waals surface area contributed by atoms with Gasteiger partial charge < -0.3 is 25.9 Å². The molecule has 0 amide bonds. The number of fused-ring (bicyclic) bond motifs is 1. The lowest BCUT2D eigenvalue weighted by Crippen LogP contribution is -2.21. The molecule has 4 N–H and O–H groups in total. The molecule has 0 bridgehead atoms. The number of nitrogens with one attached hydrogen (secondary N) is 1. The summed E-state index contributed by atoms with van der Waals surface area (Å²) in [5.74, 6) is 1.17. The number of benzene rings is 1. The Morgan fingerprint density at radius 3 is 2.80 bits per heavy atom. The summed E-state index contributed by atoms with van der Waals surface area (Å²) in [6.45, 7) is 4.16. The normalized spacial score (nSPS) is 14.0. The molecule has 0 aliphatic heterocycles. The maximum absolute atomic E-state index is 9.48. The van der Waals surface area contributed by atoms with E-state index in [4.69, 9.17) is 15.9 Å². The molecule has 4 rings (SSSR count). The van der Waals surface area contributed by atoms with Crippen molar-refractivity contribution in [2.24, 2.45) is 5.41 Å². The number of ether oxygens (including phenoxy) is 1. The molecular formula is C22H25N6O2-. The highest BCUT2D eigenvalue weighted by atomic mass is 16.5. The molecule has 1 aromatic carbocycles. The first kappa shape index (κ1) is 20.0. The first-order valence-electron chi connectivity index (χ1n) is 9.92. The minimum atomic E-state index is -0.395. The van der Waals surface area contributed by atoms with Gasteiger partial charge in [0.1, 0.15) is 11.9 Å². The number of aliphatic hydroxyl groups is 1. The zero-order chi connectivity index (χ0) is 21.3. The molecule has 1 aliphatic rings. The van der Waals surface area contributed by atoms with Crippen molar-refractivity contribution in [3.05, 3.63) is 53.1 Å². The maximum Gasteiger partial charge on any atom is 0.214 e.